The van der Waals surface area contributed by atoms with Crippen molar-refractivity contribution in [3.63, 3.8) is 0 Å². The molecule has 1 N–H and O–H groups in total. The lowest BCUT2D eigenvalue weighted by Crippen LogP contribution is -2.49. The number of amides is 2. The van der Waals surface area contributed by atoms with Gasteiger partial charge >= 0.3 is 12.1 Å². The Morgan fingerprint density at radius 1 is 1.00 bits per heavy atom. The number of halogens is 1. The zero-order valence-electron chi connectivity index (χ0n) is 25.4. The quantitative estimate of drug-likeness (QED) is 0.303. The number of pyridine rings is 1. The Hall–Kier alpha value is -5.19. The van der Waals surface area contributed by atoms with Gasteiger partial charge in [-0.05, 0) is 61.0 Å². The molecule has 2 aliphatic rings. The van der Waals surface area contributed by atoms with Crippen LogP contribution in [0.15, 0.2) is 73.1 Å². The number of nitrogens with one attached hydrogen (secondary N) is 1. The van der Waals surface area contributed by atoms with Crippen molar-refractivity contribution in [1.82, 2.24) is 19.8 Å². The van der Waals surface area contributed by atoms with E-state index in [9.17, 15) is 18.8 Å². The van der Waals surface area contributed by atoms with Crippen LogP contribution in [-0.4, -0.2) is 77.1 Å². The highest BCUT2D eigenvalue weighted by atomic mass is 19.1. The number of benzene rings is 2. The fraction of sp³-hybridized carbons (Fsp3) is 0.294. The fourth-order valence-electron chi connectivity index (χ4n) is 5.99. The first-order chi connectivity index (χ1) is 21.6. The number of nitrogens with zero attached hydrogens (tertiary/aromatic N) is 4. The molecule has 0 bridgehead atoms. The molecule has 2 aromatic carbocycles. The molecule has 0 aliphatic carbocycles. The lowest BCUT2D eigenvalue weighted by atomic mass is 9.81. The van der Waals surface area contributed by atoms with E-state index in [0.717, 1.165) is 16.8 Å². The van der Waals surface area contributed by atoms with Gasteiger partial charge in [-0.2, -0.15) is 0 Å². The molecular formula is C34H34FN5O5. The second-order valence-electron chi connectivity index (χ2n) is 11.7. The van der Waals surface area contributed by atoms with Crippen molar-refractivity contribution >= 4 is 40.3 Å². The number of piperazine rings is 1. The van der Waals surface area contributed by atoms with Crippen LogP contribution in [0.2, 0.25) is 0 Å². The molecule has 45 heavy (non-hydrogen) atoms. The molecule has 0 unspecified atom stereocenters. The zero-order chi connectivity index (χ0) is 31.7. The molecule has 4 heterocycles. The summed E-state index contributed by atoms with van der Waals surface area (Å²) in [4.78, 5) is 52.9. The average Bonchev–Trinajstić information content (AvgIpc) is 3.38. The first-order valence-electron chi connectivity index (χ1n) is 14.9. The summed E-state index contributed by atoms with van der Waals surface area (Å²) in [6.07, 6.45) is 2.81. The highest BCUT2D eigenvalue weighted by Crippen LogP contribution is 2.41. The number of fused-ring (bicyclic) bond motifs is 3. The Morgan fingerprint density at radius 2 is 1.76 bits per heavy atom. The van der Waals surface area contributed by atoms with Crippen molar-refractivity contribution in [2.75, 3.05) is 44.2 Å². The van der Waals surface area contributed by atoms with Gasteiger partial charge in [-0.1, -0.05) is 19.9 Å². The van der Waals surface area contributed by atoms with Gasteiger partial charge in [0.05, 0.1) is 17.9 Å². The molecule has 0 radical (unpaired) electrons. The van der Waals surface area contributed by atoms with Crippen LogP contribution in [0.5, 0.6) is 5.75 Å². The van der Waals surface area contributed by atoms with Crippen LogP contribution in [0.3, 0.4) is 0 Å². The molecule has 11 heteroatoms. The van der Waals surface area contributed by atoms with Gasteiger partial charge in [-0.15, -0.1) is 0 Å². The Bertz CT molecular complexity index is 1780. The number of ether oxygens (including phenoxy) is 2. The number of aromatic nitrogens is 2. The number of H-pyrrole nitrogens is 1. The van der Waals surface area contributed by atoms with E-state index in [4.69, 9.17) is 9.47 Å². The normalized spacial score (nSPS) is 16.1. The number of aromatic amines is 1. The van der Waals surface area contributed by atoms with Crippen molar-refractivity contribution in [2.45, 2.75) is 26.2 Å². The van der Waals surface area contributed by atoms with Crippen molar-refractivity contribution in [2.24, 2.45) is 0 Å². The fourth-order valence-corrected chi connectivity index (χ4v) is 5.99. The Balaban J connectivity index is 1.27. The molecule has 1 saturated heterocycles. The third-order valence-corrected chi connectivity index (χ3v) is 8.13. The van der Waals surface area contributed by atoms with E-state index in [2.05, 4.69) is 14.9 Å². The first kappa shape index (κ1) is 29.9. The van der Waals surface area contributed by atoms with Crippen LogP contribution in [0.4, 0.5) is 15.0 Å². The minimum atomic E-state index is -0.625. The smallest absolute Gasteiger partial charge is 0.415 e. The van der Waals surface area contributed by atoms with Crippen LogP contribution in [-0.2, 0) is 14.9 Å². The zero-order valence-corrected chi connectivity index (χ0v) is 25.4. The molecule has 0 saturated carbocycles. The molecule has 2 aromatic heterocycles. The molecular weight excluding hydrogens is 577 g/mol. The molecule has 4 aromatic rings. The van der Waals surface area contributed by atoms with Gasteiger partial charge < -0.3 is 29.2 Å². The highest BCUT2D eigenvalue weighted by molar-refractivity contribution is 6.18. The molecule has 2 amide bonds. The van der Waals surface area contributed by atoms with Gasteiger partial charge in [0.15, 0.2) is 0 Å². The van der Waals surface area contributed by atoms with Crippen LogP contribution < -0.4 is 9.64 Å². The van der Waals surface area contributed by atoms with Gasteiger partial charge in [-0.3, -0.25) is 4.79 Å². The summed E-state index contributed by atoms with van der Waals surface area (Å²) in [5.74, 6) is -0.153. The van der Waals surface area contributed by atoms with E-state index in [1.54, 1.807) is 30.2 Å². The number of carbonyl (C=O) groups excluding carboxylic acids is 3. The summed E-state index contributed by atoms with van der Waals surface area (Å²) in [6, 6.07) is 16.4. The predicted octanol–water partition coefficient (Wildman–Crippen LogP) is 5.36. The Labute approximate surface area is 260 Å². The van der Waals surface area contributed by atoms with Crippen molar-refractivity contribution in [1.29, 1.82) is 0 Å². The van der Waals surface area contributed by atoms with Gasteiger partial charge in [0.2, 0.25) is 0 Å². The van der Waals surface area contributed by atoms with E-state index in [-0.39, 0.29) is 24.6 Å². The number of rotatable bonds is 5. The minimum absolute atomic E-state index is 0.150. The SMILES string of the molecule is CCOC(=O)C1=CN(C(=O)c2ccc(F)cc2)CC(C)(C)c2c1[nH]c1cc(OC(=O)N3CCN(c4ccccn4)CC3)ccc21. The Kier molecular flexibility index (Phi) is 8.01. The molecule has 232 valence electrons. The van der Waals surface area contributed by atoms with Crippen LogP contribution in [0.1, 0.15) is 42.4 Å². The van der Waals surface area contributed by atoms with E-state index in [1.165, 1.54) is 35.4 Å². The average molecular weight is 612 g/mol. The minimum Gasteiger partial charge on any atom is -0.462 e. The van der Waals surface area contributed by atoms with Gasteiger partial charge in [0, 0.05) is 73.1 Å². The molecule has 0 spiro atoms. The molecule has 6 rings (SSSR count). The van der Waals surface area contributed by atoms with Gasteiger partial charge in [0.1, 0.15) is 17.4 Å². The molecule has 2 aliphatic heterocycles. The van der Waals surface area contributed by atoms with Crippen LogP contribution >= 0.6 is 0 Å². The summed E-state index contributed by atoms with van der Waals surface area (Å²) in [5, 5.41) is 0.824. The lowest BCUT2D eigenvalue weighted by Gasteiger charge is -2.34. The summed E-state index contributed by atoms with van der Waals surface area (Å²) in [6.45, 7) is 8.39. The van der Waals surface area contributed by atoms with Gasteiger partial charge in [0.25, 0.3) is 5.91 Å². The number of hydrogen-bond donors (Lipinski definition) is 1. The summed E-state index contributed by atoms with van der Waals surface area (Å²) in [5.41, 5.74) is 1.89. The second kappa shape index (κ2) is 12.1. The third kappa shape index (κ3) is 5.98. The molecule has 1 fully saturated rings. The topological polar surface area (TPSA) is 108 Å². The second-order valence-corrected chi connectivity index (χ2v) is 11.7. The maximum Gasteiger partial charge on any atom is 0.415 e. The number of carbonyl (C=O) groups is 3. The lowest BCUT2D eigenvalue weighted by molar-refractivity contribution is -0.136. The number of hydrogen-bond acceptors (Lipinski definition) is 7. The van der Waals surface area contributed by atoms with Gasteiger partial charge in [-0.25, -0.2) is 19.0 Å². The van der Waals surface area contributed by atoms with Crippen molar-refractivity contribution in [3.05, 3.63) is 95.7 Å². The standard InChI is InChI=1S/C34H34FN5O5/c1-4-44-32(42)26-20-40(31(41)22-8-10-23(35)11-9-22)21-34(2,3)29-25-13-12-24(19-27(25)37-30(26)29)45-33(43)39-17-15-38(16-18-39)28-7-5-6-14-36-28/h5-14,19-20,37H,4,15-18,21H2,1-3H3. The number of anilines is 1. The first-order valence-corrected chi connectivity index (χ1v) is 14.9. The largest absolute Gasteiger partial charge is 0.462 e. The van der Waals surface area contributed by atoms with E-state index >= 15 is 0 Å². The summed E-state index contributed by atoms with van der Waals surface area (Å²) < 4.78 is 24.7. The third-order valence-electron chi connectivity index (χ3n) is 8.13. The van der Waals surface area contributed by atoms with E-state index in [1.807, 2.05) is 38.1 Å². The van der Waals surface area contributed by atoms with Crippen molar-refractivity contribution < 1.29 is 28.2 Å². The maximum atomic E-state index is 13.5. The highest BCUT2D eigenvalue weighted by Gasteiger charge is 2.37. The molecule has 10 nitrogen and oxygen atoms in total. The predicted molar refractivity (Wildman–Crippen MR) is 167 cm³/mol. The van der Waals surface area contributed by atoms with E-state index < -0.39 is 23.3 Å². The monoisotopic (exact) mass is 611 g/mol. The van der Waals surface area contributed by atoms with E-state index in [0.29, 0.717) is 48.7 Å². The summed E-state index contributed by atoms with van der Waals surface area (Å²) >= 11 is 0. The van der Waals surface area contributed by atoms with Crippen molar-refractivity contribution in [3.8, 4) is 5.75 Å². The van der Waals surface area contributed by atoms with Crippen LogP contribution in [0, 0.1) is 5.82 Å². The maximum absolute atomic E-state index is 13.5. The Morgan fingerprint density at radius 3 is 2.44 bits per heavy atom. The van der Waals surface area contributed by atoms with Crippen LogP contribution in [0.25, 0.3) is 16.5 Å². The summed E-state index contributed by atoms with van der Waals surface area (Å²) in [7, 11) is 0. The molecule has 0 atom stereocenters. The number of esters is 1.